The van der Waals surface area contributed by atoms with Crippen molar-refractivity contribution in [2.45, 2.75) is 0 Å². The molecule has 0 aromatic carbocycles. The van der Waals surface area contributed by atoms with Crippen LogP contribution in [0.5, 0.6) is 23.0 Å². The van der Waals surface area contributed by atoms with Crippen molar-refractivity contribution in [2.24, 2.45) is 0 Å². The Morgan fingerprint density at radius 1 is 0.333 bits per heavy atom. The normalized spacial score (nSPS) is 11.8. The fraction of sp³-hybridized carbons (Fsp3) is 0. The van der Waals surface area contributed by atoms with Gasteiger partial charge in [-0.15, -0.1) is 0 Å². The van der Waals surface area contributed by atoms with Gasteiger partial charge >= 0.3 is 0 Å². The summed E-state index contributed by atoms with van der Waals surface area (Å²) in [5, 5.41) is 39.3. The number of hydrogen-bond donors (Lipinski definition) is 4. The molecule has 5 heterocycles. The zero-order chi connectivity index (χ0) is 29.3. The molecule has 0 saturated heterocycles. The Morgan fingerprint density at radius 3 is 0.786 bits per heavy atom. The molecule has 0 amide bonds. The van der Waals surface area contributed by atoms with Crippen LogP contribution in [0.3, 0.4) is 0 Å². The first-order valence-corrected chi connectivity index (χ1v) is 12.6. The number of hydrogen-bond acceptors (Lipinski definition) is 10. The first-order chi connectivity index (χ1) is 20.4. The molecule has 10 heteroatoms. The van der Waals surface area contributed by atoms with E-state index in [0.717, 1.165) is 0 Å². The Balaban J connectivity index is 1.63. The highest BCUT2D eigenvalue weighted by Gasteiger charge is 2.09. The monoisotopic (exact) mass is 556 g/mol. The lowest BCUT2D eigenvalue weighted by atomic mass is 10.1. The largest absolute Gasteiger partial charge is 0.506 e. The lowest BCUT2D eigenvalue weighted by molar-refractivity contribution is 0.472. The molecule has 0 aliphatic carbocycles. The minimum Gasteiger partial charge on any atom is -0.506 e. The highest BCUT2D eigenvalue weighted by molar-refractivity contribution is 5.81. The molecular formula is C32H24N6O4. The lowest BCUT2D eigenvalue weighted by Crippen LogP contribution is -2.00. The molecule has 0 atom stereocenters. The van der Waals surface area contributed by atoms with Crippen molar-refractivity contribution in [1.82, 2.24) is 29.9 Å². The van der Waals surface area contributed by atoms with Gasteiger partial charge in [0.25, 0.3) is 0 Å². The van der Waals surface area contributed by atoms with Crippen molar-refractivity contribution in [2.75, 3.05) is 0 Å². The van der Waals surface area contributed by atoms with Gasteiger partial charge in [0.05, 0.1) is 47.6 Å². The first-order valence-electron chi connectivity index (χ1n) is 12.6. The van der Waals surface area contributed by atoms with E-state index in [0.29, 0.717) is 45.0 Å². The number of pyridine rings is 4. The Hall–Kier alpha value is -6.16. The third-order valence-electron chi connectivity index (χ3n) is 5.72. The minimum absolute atomic E-state index is 0.0324. The quantitative estimate of drug-likeness (QED) is 0.191. The molecular weight excluding hydrogens is 532 g/mol. The van der Waals surface area contributed by atoms with Gasteiger partial charge in [-0.05, 0) is 70.8 Å². The van der Waals surface area contributed by atoms with Gasteiger partial charge < -0.3 is 20.4 Å². The molecule has 0 fully saturated rings. The van der Waals surface area contributed by atoms with Crippen LogP contribution in [-0.4, -0.2) is 50.3 Å². The average molecular weight is 557 g/mol. The minimum atomic E-state index is 0.0324. The number of aromatic hydroxyl groups is 4. The van der Waals surface area contributed by atoms with Crippen molar-refractivity contribution < 1.29 is 20.4 Å². The molecule has 4 N–H and O–H groups in total. The van der Waals surface area contributed by atoms with Crippen molar-refractivity contribution in [3.63, 3.8) is 0 Å². The van der Waals surface area contributed by atoms with Crippen LogP contribution in [0.1, 0.15) is 45.0 Å². The molecule has 10 nitrogen and oxygen atoms in total. The van der Waals surface area contributed by atoms with Crippen molar-refractivity contribution in [3.05, 3.63) is 119 Å². The number of nitrogens with zero attached hydrogens (tertiary/aromatic N) is 6. The number of aromatic nitrogens is 6. The Bertz CT molecular complexity index is 1590. The van der Waals surface area contributed by atoms with Crippen LogP contribution in [0, 0.1) is 0 Å². The van der Waals surface area contributed by atoms with Gasteiger partial charge in [0.2, 0.25) is 0 Å². The van der Waals surface area contributed by atoms with Crippen molar-refractivity contribution >= 4 is 48.6 Å². The van der Waals surface area contributed by atoms with Crippen LogP contribution in [0.15, 0.2) is 73.8 Å². The maximum absolute atomic E-state index is 9.82. The van der Waals surface area contributed by atoms with Crippen LogP contribution in [0.25, 0.3) is 48.6 Å². The molecule has 0 aliphatic heterocycles. The topological polar surface area (TPSA) is 158 Å². The van der Waals surface area contributed by atoms with Crippen LogP contribution in [0.2, 0.25) is 0 Å². The smallest absolute Gasteiger partial charge is 0.134 e. The third kappa shape index (κ3) is 7.48. The standard InChI is InChI=1S/C32H24N6O4/c39-25-9-21(13-33-17-25)1-5-29-30(6-2-22-10-26(40)18-34-14-22)38-32(8-4-24-12-28(42)20-36-16-24)31(37-29)7-3-23-11-27(41)19-35-15-23/h1-20,39-42H. The van der Waals surface area contributed by atoms with Gasteiger partial charge in [-0.2, -0.15) is 0 Å². The summed E-state index contributed by atoms with van der Waals surface area (Å²) in [7, 11) is 0. The van der Waals surface area contributed by atoms with Crippen LogP contribution >= 0.6 is 0 Å². The summed E-state index contributed by atoms with van der Waals surface area (Å²) in [4.78, 5) is 25.8. The van der Waals surface area contributed by atoms with Gasteiger partial charge in [-0.1, -0.05) is 24.3 Å². The molecule has 206 valence electrons. The van der Waals surface area contributed by atoms with Gasteiger partial charge in [0, 0.05) is 24.8 Å². The van der Waals surface area contributed by atoms with Crippen molar-refractivity contribution in [1.29, 1.82) is 0 Å². The summed E-state index contributed by atoms with van der Waals surface area (Å²) in [6, 6.07) is 6.28. The SMILES string of the molecule is Oc1cncc(C=Cc2nc(C=Cc3cncc(O)c3)c(C=Cc3cncc(O)c3)nc2C=Cc2cncc(O)c2)c1. The maximum atomic E-state index is 9.82. The van der Waals surface area contributed by atoms with Gasteiger partial charge in [-0.25, -0.2) is 9.97 Å². The lowest BCUT2D eigenvalue weighted by Gasteiger charge is -2.07. The Morgan fingerprint density at radius 2 is 0.571 bits per heavy atom. The van der Waals surface area contributed by atoms with E-state index in [-0.39, 0.29) is 23.0 Å². The summed E-state index contributed by atoms with van der Waals surface area (Å²) >= 11 is 0. The highest BCUT2D eigenvalue weighted by Crippen LogP contribution is 2.22. The second-order valence-electron chi connectivity index (χ2n) is 9.00. The molecule has 5 rings (SSSR count). The highest BCUT2D eigenvalue weighted by atomic mass is 16.3. The maximum Gasteiger partial charge on any atom is 0.134 e. The van der Waals surface area contributed by atoms with Gasteiger partial charge in [0.15, 0.2) is 0 Å². The molecule has 5 aromatic heterocycles. The Labute approximate surface area is 240 Å². The van der Waals surface area contributed by atoms with Crippen LogP contribution < -0.4 is 0 Å². The second-order valence-corrected chi connectivity index (χ2v) is 9.00. The third-order valence-corrected chi connectivity index (χ3v) is 5.72. The zero-order valence-electron chi connectivity index (χ0n) is 22.0. The van der Waals surface area contributed by atoms with E-state index in [1.54, 1.807) is 97.7 Å². The predicted molar refractivity (Wildman–Crippen MR) is 161 cm³/mol. The summed E-state index contributed by atoms with van der Waals surface area (Å²) < 4.78 is 0. The average Bonchev–Trinajstić information content (AvgIpc) is 2.97. The van der Waals surface area contributed by atoms with E-state index in [1.165, 1.54) is 24.8 Å². The van der Waals surface area contributed by atoms with Gasteiger partial charge in [0.1, 0.15) is 23.0 Å². The molecule has 0 aliphatic rings. The summed E-state index contributed by atoms with van der Waals surface area (Å²) in [6.07, 6.45) is 25.8. The van der Waals surface area contributed by atoms with Gasteiger partial charge in [-0.3, -0.25) is 19.9 Å². The van der Waals surface area contributed by atoms with E-state index in [4.69, 9.17) is 9.97 Å². The summed E-state index contributed by atoms with van der Waals surface area (Å²) in [5.41, 5.74) is 4.67. The summed E-state index contributed by atoms with van der Waals surface area (Å²) in [5.74, 6) is 0.130. The second kappa shape index (κ2) is 12.8. The van der Waals surface area contributed by atoms with E-state index in [9.17, 15) is 20.4 Å². The van der Waals surface area contributed by atoms with E-state index >= 15 is 0 Å². The molecule has 0 unspecified atom stereocenters. The van der Waals surface area contributed by atoms with E-state index < -0.39 is 0 Å². The fourth-order valence-electron chi connectivity index (χ4n) is 3.82. The van der Waals surface area contributed by atoms with E-state index in [2.05, 4.69) is 19.9 Å². The molecule has 0 spiro atoms. The Kier molecular flexibility index (Phi) is 8.35. The zero-order valence-corrected chi connectivity index (χ0v) is 22.0. The predicted octanol–water partition coefficient (Wildman–Crippen LogP) is 5.56. The summed E-state index contributed by atoms with van der Waals surface area (Å²) in [6.45, 7) is 0. The molecule has 5 aromatic rings. The first kappa shape index (κ1) is 27.4. The van der Waals surface area contributed by atoms with E-state index in [1.807, 2.05) is 0 Å². The molecule has 0 saturated carbocycles. The van der Waals surface area contributed by atoms with Crippen LogP contribution in [0.4, 0.5) is 0 Å². The number of rotatable bonds is 8. The van der Waals surface area contributed by atoms with Crippen LogP contribution in [-0.2, 0) is 0 Å². The molecule has 0 bridgehead atoms. The van der Waals surface area contributed by atoms with Crippen molar-refractivity contribution in [3.8, 4) is 23.0 Å². The molecule has 0 radical (unpaired) electrons. The fourth-order valence-corrected chi connectivity index (χ4v) is 3.82. The molecule has 42 heavy (non-hydrogen) atoms.